The van der Waals surface area contributed by atoms with Gasteiger partial charge in [0.05, 0.1) is 6.61 Å². The van der Waals surface area contributed by atoms with Crippen molar-refractivity contribution >= 4 is 11.8 Å². The van der Waals surface area contributed by atoms with Crippen molar-refractivity contribution in [2.75, 3.05) is 20.5 Å². The molecule has 0 aliphatic carbocycles. The van der Waals surface area contributed by atoms with Crippen LogP contribution in [0.4, 0.5) is 0 Å². The van der Waals surface area contributed by atoms with E-state index < -0.39 is 5.97 Å². The van der Waals surface area contributed by atoms with E-state index in [0.717, 1.165) is 5.56 Å². The van der Waals surface area contributed by atoms with Gasteiger partial charge >= 0.3 is 5.97 Å². The number of methoxy groups -OCH3 is 1. The Hall–Kier alpha value is -1.88. The normalized spacial score (nSPS) is 10.0. The summed E-state index contributed by atoms with van der Waals surface area (Å²) in [6.45, 7) is 2.14. The predicted octanol–water partition coefficient (Wildman–Crippen LogP) is 1.73. The van der Waals surface area contributed by atoms with Crippen LogP contribution in [0.3, 0.4) is 0 Å². The molecule has 5 heteroatoms. The van der Waals surface area contributed by atoms with Gasteiger partial charge in [0.15, 0.2) is 6.79 Å². The average Bonchev–Trinajstić information content (AvgIpc) is 2.36. The Balaban J connectivity index is 2.51. The van der Waals surface area contributed by atoms with Crippen LogP contribution in [0.5, 0.6) is 5.75 Å². The highest BCUT2D eigenvalue weighted by atomic mass is 16.7. The Bertz CT molecular complexity index is 428. The first-order valence-electron chi connectivity index (χ1n) is 6.03. The molecular weight excluding hydrogens is 248 g/mol. The van der Waals surface area contributed by atoms with Gasteiger partial charge in [-0.25, -0.2) is 0 Å². The monoisotopic (exact) mass is 266 g/mol. The fraction of sp³-hybridized carbons (Fsp3) is 0.429. The van der Waals surface area contributed by atoms with E-state index in [1.165, 1.54) is 7.11 Å². The summed E-state index contributed by atoms with van der Waals surface area (Å²) in [6.07, 6.45) is -0.0139. The zero-order chi connectivity index (χ0) is 14.1. The summed E-state index contributed by atoms with van der Waals surface area (Å²) in [5.74, 6) is -0.0371. The molecule has 0 amide bonds. The third-order valence-corrected chi connectivity index (χ3v) is 2.29. The lowest BCUT2D eigenvalue weighted by atomic mass is 10.1. The molecule has 0 N–H and O–H groups in total. The van der Waals surface area contributed by atoms with E-state index in [-0.39, 0.29) is 32.0 Å². The molecule has 1 aromatic carbocycles. The van der Waals surface area contributed by atoms with E-state index in [4.69, 9.17) is 14.2 Å². The lowest BCUT2D eigenvalue weighted by Crippen LogP contribution is -2.13. The molecule has 0 spiro atoms. The van der Waals surface area contributed by atoms with Gasteiger partial charge in [0, 0.05) is 13.5 Å². The van der Waals surface area contributed by atoms with E-state index in [9.17, 15) is 9.59 Å². The first kappa shape index (κ1) is 15.2. The molecule has 1 aromatic rings. The number of benzene rings is 1. The Labute approximate surface area is 112 Å². The molecule has 0 radical (unpaired) electrons. The SMILES string of the molecule is CCOC(=O)CC(=O)Cc1cccc(OCOC)c1. The van der Waals surface area contributed by atoms with Crippen molar-refractivity contribution < 1.29 is 23.8 Å². The second-order valence-electron chi connectivity index (χ2n) is 3.90. The zero-order valence-corrected chi connectivity index (χ0v) is 11.2. The molecule has 5 nitrogen and oxygen atoms in total. The molecule has 0 fully saturated rings. The Morgan fingerprint density at radius 2 is 2.05 bits per heavy atom. The highest BCUT2D eigenvalue weighted by Gasteiger charge is 2.11. The van der Waals surface area contributed by atoms with Crippen LogP contribution in [0.25, 0.3) is 0 Å². The van der Waals surface area contributed by atoms with Gasteiger partial charge in [-0.15, -0.1) is 0 Å². The molecule has 0 aromatic heterocycles. The Morgan fingerprint density at radius 1 is 1.26 bits per heavy atom. The van der Waals surface area contributed by atoms with Gasteiger partial charge in [0.1, 0.15) is 18.0 Å². The number of rotatable bonds is 8. The lowest BCUT2D eigenvalue weighted by molar-refractivity contribution is -0.145. The van der Waals surface area contributed by atoms with Crippen LogP contribution in [0, 0.1) is 0 Å². The topological polar surface area (TPSA) is 61.8 Å². The van der Waals surface area contributed by atoms with Crippen LogP contribution >= 0.6 is 0 Å². The fourth-order valence-electron chi connectivity index (χ4n) is 1.54. The molecule has 0 unspecified atom stereocenters. The van der Waals surface area contributed by atoms with Gasteiger partial charge in [-0.2, -0.15) is 0 Å². The summed E-state index contributed by atoms with van der Waals surface area (Å²) < 4.78 is 14.8. The summed E-state index contributed by atoms with van der Waals surface area (Å²) in [6, 6.07) is 7.13. The number of ketones is 1. The fourth-order valence-corrected chi connectivity index (χ4v) is 1.54. The standard InChI is InChI=1S/C14H18O5/c1-3-18-14(16)9-12(15)7-11-5-4-6-13(8-11)19-10-17-2/h4-6,8H,3,7,9-10H2,1-2H3. The van der Waals surface area contributed by atoms with E-state index in [2.05, 4.69) is 0 Å². The average molecular weight is 266 g/mol. The third kappa shape index (κ3) is 6.01. The zero-order valence-electron chi connectivity index (χ0n) is 11.2. The Kier molecular flexibility index (Phi) is 6.60. The van der Waals surface area contributed by atoms with Crippen molar-refractivity contribution in [3.05, 3.63) is 29.8 Å². The molecule has 0 saturated heterocycles. The molecule has 0 atom stereocenters. The van der Waals surface area contributed by atoms with E-state index in [0.29, 0.717) is 5.75 Å². The highest BCUT2D eigenvalue weighted by molar-refractivity contribution is 5.96. The van der Waals surface area contributed by atoms with Gasteiger partial charge in [0.25, 0.3) is 0 Å². The molecule has 0 heterocycles. The van der Waals surface area contributed by atoms with Gasteiger partial charge in [-0.3, -0.25) is 9.59 Å². The number of hydrogen-bond donors (Lipinski definition) is 0. The number of ether oxygens (including phenoxy) is 3. The van der Waals surface area contributed by atoms with Crippen LogP contribution in [0.2, 0.25) is 0 Å². The maximum Gasteiger partial charge on any atom is 0.313 e. The lowest BCUT2D eigenvalue weighted by Gasteiger charge is -2.06. The summed E-state index contributed by atoms with van der Waals surface area (Å²) in [5, 5.41) is 0. The minimum Gasteiger partial charge on any atom is -0.468 e. The number of Topliss-reactive ketones (excluding diaryl/α,β-unsaturated/α-hetero) is 1. The molecule has 0 aliphatic rings. The van der Waals surface area contributed by atoms with Crippen molar-refractivity contribution in [2.24, 2.45) is 0 Å². The maximum atomic E-state index is 11.7. The minimum atomic E-state index is -0.487. The molecule has 1 rings (SSSR count). The van der Waals surface area contributed by atoms with Crippen molar-refractivity contribution in [3.63, 3.8) is 0 Å². The summed E-state index contributed by atoms with van der Waals surface area (Å²) >= 11 is 0. The maximum absolute atomic E-state index is 11.7. The summed E-state index contributed by atoms with van der Waals surface area (Å²) in [5.41, 5.74) is 0.794. The smallest absolute Gasteiger partial charge is 0.313 e. The van der Waals surface area contributed by atoms with Crippen molar-refractivity contribution in [1.29, 1.82) is 0 Å². The molecule has 104 valence electrons. The van der Waals surface area contributed by atoms with Gasteiger partial charge in [-0.1, -0.05) is 12.1 Å². The first-order chi connectivity index (χ1) is 9.15. The molecule has 0 saturated carbocycles. The summed E-state index contributed by atoms with van der Waals surface area (Å²) in [4.78, 5) is 22.8. The van der Waals surface area contributed by atoms with E-state index in [1.54, 1.807) is 25.1 Å². The molecule has 19 heavy (non-hydrogen) atoms. The third-order valence-electron chi connectivity index (χ3n) is 2.29. The molecule has 0 bridgehead atoms. The van der Waals surface area contributed by atoms with E-state index in [1.807, 2.05) is 6.07 Å². The largest absolute Gasteiger partial charge is 0.468 e. The van der Waals surface area contributed by atoms with Crippen LogP contribution < -0.4 is 4.74 Å². The van der Waals surface area contributed by atoms with Crippen LogP contribution in [0.1, 0.15) is 18.9 Å². The quantitative estimate of drug-likeness (QED) is 0.407. The highest BCUT2D eigenvalue weighted by Crippen LogP contribution is 2.14. The van der Waals surface area contributed by atoms with Crippen LogP contribution in [-0.4, -0.2) is 32.3 Å². The van der Waals surface area contributed by atoms with Crippen molar-refractivity contribution in [1.82, 2.24) is 0 Å². The van der Waals surface area contributed by atoms with Crippen LogP contribution in [-0.2, 0) is 25.5 Å². The number of esters is 1. The van der Waals surface area contributed by atoms with Gasteiger partial charge in [0.2, 0.25) is 0 Å². The predicted molar refractivity (Wildman–Crippen MR) is 68.9 cm³/mol. The van der Waals surface area contributed by atoms with Crippen LogP contribution in [0.15, 0.2) is 24.3 Å². The number of carbonyl (C=O) groups is 2. The molecule has 0 aliphatic heterocycles. The van der Waals surface area contributed by atoms with Gasteiger partial charge in [-0.05, 0) is 24.6 Å². The van der Waals surface area contributed by atoms with Crippen molar-refractivity contribution in [3.8, 4) is 5.75 Å². The first-order valence-corrected chi connectivity index (χ1v) is 6.03. The minimum absolute atomic E-state index is 0.153. The van der Waals surface area contributed by atoms with Gasteiger partial charge < -0.3 is 14.2 Å². The second kappa shape index (κ2) is 8.26. The Morgan fingerprint density at radius 3 is 2.74 bits per heavy atom. The number of carbonyl (C=O) groups excluding carboxylic acids is 2. The molecular formula is C14H18O5. The van der Waals surface area contributed by atoms with Crippen molar-refractivity contribution in [2.45, 2.75) is 19.8 Å². The second-order valence-corrected chi connectivity index (χ2v) is 3.90. The summed E-state index contributed by atoms with van der Waals surface area (Å²) in [7, 11) is 1.53. The number of hydrogen-bond acceptors (Lipinski definition) is 5. The van der Waals surface area contributed by atoms with E-state index >= 15 is 0 Å².